The maximum Gasteiger partial charge on any atom is 0.410 e. The van der Waals surface area contributed by atoms with Crippen LogP contribution in [0.1, 0.15) is 46.5 Å². The van der Waals surface area contributed by atoms with Crippen LogP contribution in [0.5, 0.6) is 0 Å². The number of carbonyl (C=O) groups excluding carboxylic acids is 1. The first-order chi connectivity index (χ1) is 9.35. The van der Waals surface area contributed by atoms with Gasteiger partial charge in [-0.05, 0) is 46.5 Å². The van der Waals surface area contributed by atoms with Crippen molar-refractivity contribution in [3.8, 4) is 0 Å². The zero-order valence-corrected chi connectivity index (χ0v) is 14.2. The van der Waals surface area contributed by atoms with E-state index in [0.29, 0.717) is 6.04 Å². The Morgan fingerprint density at radius 1 is 1.05 bits per heavy atom. The van der Waals surface area contributed by atoms with Crippen LogP contribution in [0.25, 0.3) is 0 Å². The molecule has 2 rings (SSSR count). The molecule has 0 atom stereocenters. The SMILES string of the molecule is CC(C)(C)OC(=O)N1CCC(N2CCC(O)CC2)CC1.Cl. The van der Waals surface area contributed by atoms with Gasteiger partial charge in [-0.25, -0.2) is 4.79 Å². The number of halogens is 1. The van der Waals surface area contributed by atoms with Crippen molar-refractivity contribution in [1.82, 2.24) is 9.80 Å². The predicted molar refractivity (Wildman–Crippen MR) is 84.9 cm³/mol. The number of hydrogen-bond acceptors (Lipinski definition) is 4. The van der Waals surface area contributed by atoms with Gasteiger partial charge in [-0.2, -0.15) is 0 Å². The number of nitrogens with zero attached hydrogens (tertiary/aromatic N) is 2. The third-order valence-electron chi connectivity index (χ3n) is 4.13. The summed E-state index contributed by atoms with van der Waals surface area (Å²) in [6.45, 7) is 9.22. The molecule has 0 saturated carbocycles. The molecule has 0 bridgehead atoms. The normalized spacial score (nSPS) is 22.8. The van der Waals surface area contributed by atoms with Crippen LogP contribution >= 0.6 is 12.4 Å². The first-order valence-corrected chi connectivity index (χ1v) is 7.75. The Labute approximate surface area is 134 Å². The Balaban J connectivity index is 0.00000220. The molecular weight excluding hydrogens is 292 g/mol. The minimum absolute atomic E-state index is 0. The molecule has 0 aromatic heterocycles. The molecule has 2 heterocycles. The first kappa shape index (κ1) is 18.5. The maximum absolute atomic E-state index is 12.0. The summed E-state index contributed by atoms with van der Waals surface area (Å²) in [6.07, 6.45) is 3.47. The lowest BCUT2D eigenvalue weighted by Crippen LogP contribution is -2.50. The van der Waals surface area contributed by atoms with Gasteiger partial charge in [-0.3, -0.25) is 0 Å². The van der Waals surface area contributed by atoms with Gasteiger partial charge in [0, 0.05) is 32.2 Å². The number of aliphatic hydroxyl groups is 1. The van der Waals surface area contributed by atoms with Gasteiger partial charge in [0.15, 0.2) is 0 Å². The molecule has 5 nitrogen and oxygen atoms in total. The van der Waals surface area contributed by atoms with Crippen LogP contribution in [0.15, 0.2) is 0 Å². The number of aliphatic hydroxyl groups excluding tert-OH is 1. The molecule has 1 amide bonds. The molecule has 2 aliphatic heterocycles. The second-order valence-corrected chi connectivity index (χ2v) is 6.97. The second kappa shape index (κ2) is 7.65. The van der Waals surface area contributed by atoms with E-state index in [1.807, 2.05) is 25.7 Å². The Morgan fingerprint density at radius 3 is 2.05 bits per heavy atom. The fourth-order valence-corrected chi connectivity index (χ4v) is 2.99. The molecular formula is C15H29ClN2O3. The lowest BCUT2D eigenvalue weighted by molar-refractivity contribution is 0.00747. The monoisotopic (exact) mass is 320 g/mol. The van der Waals surface area contributed by atoms with Crippen LogP contribution in [0.4, 0.5) is 4.79 Å². The van der Waals surface area contributed by atoms with E-state index in [2.05, 4.69) is 4.90 Å². The molecule has 124 valence electrons. The summed E-state index contributed by atoms with van der Waals surface area (Å²) in [5.74, 6) is 0. The van der Waals surface area contributed by atoms with E-state index < -0.39 is 5.60 Å². The molecule has 2 fully saturated rings. The number of ether oxygens (including phenoxy) is 1. The van der Waals surface area contributed by atoms with Crippen molar-refractivity contribution >= 4 is 18.5 Å². The Hall–Kier alpha value is -0.520. The average molecular weight is 321 g/mol. The van der Waals surface area contributed by atoms with Crippen molar-refractivity contribution in [3.05, 3.63) is 0 Å². The van der Waals surface area contributed by atoms with Crippen molar-refractivity contribution in [1.29, 1.82) is 0 Å². The van der Waals surface area contributed by atoms with Crippen molar-refractivity contribution in [2.24, 2.45) is 0 Å². The summed E-state index contributed by atoms with van der Waals surface area (Å²) in [5, 5.41) is 9.55. The third kappa shape index (κ3) is 5.64. The lowest BCUT2D eigenvalue weighted by atomic mass is 9.99. The standard InChI is InChI=1S/C15H28N2O3.ClH/c1-15(2,3)20-14(19)17-8-4-12(5-9-17)16-10-6-13(18)7-11-16;/h12-13,18H,4-11H2,1-3H3;1H. The number of amides is 1. The van der Waals surface area contributed by atoms with Gasteiger partial charge in [0.1, 0.15) is 5.60 Å². The molecule has 0 radical (unpaired) electrons. The average Bonchev–Trinajstić information content (AvgIpc) is 2.38. The Morgan fingerprint density at radius 2 is 1.57 bits per heavy atom. The zero-order valence-electron chi connectivity index (χ0n) is 13.4. The van der Waals surface area contributed by atoms with E-state index in [-0.39, 0.29) is 24.6 Å². The van der Waals surface area contributed by atoms with E-state index in [9.17, 15) is 9.90 Å². The first-order valence-electron chi connectivity index (χ1n) is 7.75. The highest BCUT2D eigenvalue weighted by Gasteiger charge is 2.30. The van der Waals surface area contributed by atoms with Gasteiger partial charge in [-0.15, -0.1) is 12.4 Å². The number of hydrogen-bond donors (Lipinski definition) is 1. The third-order valence-corrected chi connectivity index (χ3v) is 4.13. The summed E-state index contributed by atoms with van der Waals surface area (Å²) in [7, 11) is 0. The summed E-state index contributed by atoms with van der Waals surface area (Å²) in [6, 6.07) is 0.557. The molecule has 0 unspecified atom stereocenters. The summed E-state index contributed by atoms with van der Waals surface area (Å²) < 4.78 is 5.41. The summed E-state index contributed by atoms with van der Waals surface area (Å²) >= 11 is 0. The highest BCUT2D eigenvalue weighted by molar-refractivity contribution is 5.85. The number of rotatable bonds is 1. The number of carbonyl (C=O) groups is 1. The fourth-order valence-electron chi connectivity index (χ4n) is 2.99. The quantitative estimate of drug-likeness (QED) is 0.805. The largest absolute Gasteiger partial charge is 0.444 e. The number of piperidine rings is 2. The Bertz CT molecular complexity index is 330. The molecule has 6 heteroatoms. The minimum atomic E-state index is -0.420. The lowest BCUT2D eigenvalue weighted by Gasteiger charge is -2.41. The molecule has 0 aliphatic carbocycles. The van der Waals surface area contributed by atoms with Gasteiger partial charge in [0.05, 0.1) is 6.10 Å². The Kier molecular flexibility index (Phi) is 6.75. The minimum Gasteiger partial charge on any atom is -0.444 e. The molecule has 1 N–H and O–H groups in total. The van der Waals surface area contributed by atoms with Crippen molar-refractivity contribution in [2.75, 3.05) is 26.2 Å². The van der Waals surface area contributed by atoms with Gasteiger partial charge in [0.2, 0.25) is 0 Å². The topological polar surface area (TPSA) is 53.0 Å². The van der Waals surface area contributed by atoms with Crippen LogP contribution in [-0.4, -0.2) is 64.9 Å². The molecule has 0 spiro atoms. The highest BCUT2D eigenvalue weighted by Crippen LogP contribution is 2.22. The molecule has 0 aromatic rings. The van der Waals surface area contributed by atoms with E-state index in [1.54, 1.807) is 0 Å². The van der Waals surface area contributed by atoms with Crippen molar-refractivity contribution in [3.63, 3.8) is 0 Å². The number of likely N-dealkylation sites (tertiary alicyclic amines) is 2. The van der Waals surface area contributed by atoms with Gasteiger partial charge >= 0.3 is 6.09 Å². The smallest absolute Gasteiger partial charge is 0.410 e. The summed E-state index contributed by atoms with van der Waals surface area (Å²) in [4.78, 5) is 16.3. The molecule has 2 saturated heterocycles. The van der Waals surface area contributed by atoms with Gasteiger partial charge in [0.25, 0.3) is 0 Å². The van der Waals surface area contributed by atoms with Crippen LogP contribution in [0.2, 0.25) is 0 Å². The van der Waals surface area contributed by atoms with E-state index in [1.165, 1.54) is 0 Å². The van der Waals surface area contributed by atoms with Crippen LogP contribution in [0.3, 0.4) is 0 Å². The van der Waals surface area contributed by atoms with Crippen LogP contribution in [-0.2, 0) is 4.74 Å². The van der Waals surface area contributed by atoms with Gasteiger partial charge in [-0.1, -0.05) is 0 Å². The zero-order chi connectivity index (χ0) is 14.8. The predicted octanol–water partition coefficient (Wildman–Crippen LogP) is 2.26. The van der Waals surface area contributed by atoms with Crippen LogP contribution < -0.4 is 0 Å². The second-order valence-electron chi connectivity index (χ2n) is 6.97. The van der Waals surface area contributed by atoms with E-state index in [0.717, 1.165) is 51.9 Å². The van der Waals surface area contributed by atoms with E-state index >= 15 is 0 Å². The van der Waals surface area contributed by atoms with Crippen LogP contribution in [0, 0.1) is 0 Å². The van der Waals surface area contributed by atoms with Crippen molar-refractivity contribution < 1.29 is 14.6 Å². The summed E-state index contributed by atoms with van der Waals surface area (Å²) in [5.41, 5.74) is -0.420. The van der Waals surface area contributed by atoms with Crippen molar-refractivity contribution in [2.45, 2.75) is 64.2 Å². The van der Waals surface area contributed by atoms with E-state index in [4.69, 9.17) is 4.74 Å². The molecule has 0 aromatic carbocycles. The highest BCUT2D eigenvalue weighted by atomic mass is 35.5. The maximum atomic E-state index is 12.0. The fraction of sp³-hybridized carbons (Fsp3) is 0.933. The molecule has 2 aliphatic rings. The van der Waals surface area contributed by atoms with Gasteiger partial charge < -0.3 is 19.6 Å². The molecule has 21 heavy (non-hydrogen) atoms.